The largest absolute Gasteiger partial charge is 0.337 e. The number of hydrogen-bond acceptors (Lipinski definition) is 2. The van der Waals surface area contributed by atoms with Crippen molar-refractivity contribution in [3.05, 3.63) is 33.8 Å². The van der Waals surface area contributed by atoms with Gasteiger partial charge in [0, 0.05) is 34.7 Å². The molecule has 86 valence electrons. The number of nitrogens with zero attached hydrogens (tertiary/aromatic N) is 1. The lowest BCUT2D eigenvalue weighted by molar-refractivity contribution is 0.0791. The third kappa shape index (κ3) is 2.48. The number of carbonyl (C=O) groups excluding carboxylic acids is 1. The number of carbonyl (C=O) groups is 1. The molecule has 3 nitrogen and oxygen atoms in total. The Labute approximate surface area is 104 Å². The van der Waals surface area contributed by atoms with Crippen LogP contribution in [0.15, 0.2) is 18.2 Å². The van der Waals surface area contributed by atoms with Gasteiger partial charge in [-0.05, 0) is 24.6 Å². The zero-order valence-electron chi connectivity index (χ0n) is 8.62. The summed E-state index contributed by atoms with van der Waals surface area (Å²) in [6.07, 6.45) is 0.847. The fourth-order valence-corrected chi connectivity index (χ4v) is 2.36. The minimum Gasteiger partial charge on any atom is -0.337 e. The molecule has 0 aliphatic carbocycles. The molecule has 0 bridgehead atoms. The molecule has 1 atom stereocenters. The summed E-state index contributed by atoms with van der Waals surface area (Å²) in [6.45, 7) is 1.30. The van der Waals surface area contributed by atoms with Crippen LogP contribution >= 0.6 is 23.2 Å². The standard InChI is InChI=1S/C11H12Cl2N2O/c12-8-3-7(4-9(13)5-8)11(16)15-2-1-10(14)6-15/h3-5,10H,1-2,6,14H2. The van der Waals surface area contributed by atoms with Crippen molar-refractivity contribution in [2.24, 2.45) is 5.73 Å². The van der Waals surface area contributed by atoms with Crippen LogP contribution in [0.3, 0.4) is 0 Å². The van der Waals surface area contributed by atoms with E-state index in [9.17, 15) is 4.79 Å². The molecule has 1 unspecified atom stereocenters. The molecular formula is C11H12Cl2N2O. The van der Waals surface area contributed by atoms with Gasteiger partial charge in [0.25, 0.3) is 5.91 Å². The second kappa shape index (κ2) is 4.62. The van der Waals surface area contributed by atoms with Crippen LogP contribution < -0.4 is 5.73 Å². The first kappa shape index (κ1) is 11.7. The topological polar surface area (TPSA) is 46.3 Å². The van der Waals surface area contributed by atoms with E-state index in [0.717, 1.165) is 6.42 Å². The molecule has 0 saturated carbocycles. The molecule has 1 aromatic rings. The average molecular weight is 259 g/mol. The van der Waals surface area contributed by atoms with Gasteiger partial charge in [-0.25, -0.2) is 0 Å². The molecule has 16 heavy (non-hydrogen) atoms. The number of rotatable bonds is 1. The Kier molecular flexibility index (Phi) is 3.38. The molecule has 2 rings (SSSR count). The fraction of sp³-hybridized carbons (Fsp3) is 0.364. The summed E-state index contributed by atoms with van der Waals surface area (Å²) in [5.41, 5.74) is 6.27. The Morgan fingerprint density at radius 3 is 2.44 bits per heavy atom. The summed E-state index contributed by atoms with van der Waals surface area (Å²) in [5.74, 6) is -0.0580. The fourth-order valence-electron chi connectivity index (χ4n) is 1.83. The molecular weight excluding hydrogens is 247 g/mol. The summed E-state index contributed by atoms with van der Waals surface area (Å²) in [7, 11) is 0. The predicted molar refractivity (Wildman–Crippen MR) is 65.0 cm³/mol. The van der Waals surface area contributed by atoms with Gasteiger partial charge in [0.15, 0.2) is 0 Å². The maximum atomic E-state index is 12.1. The minimum absolute atomic E-state index is 0.0580. The van der Waals surface area contributed by atoms with E-state index in [-0.39, 0.29) is 11.9 Å². The third-order valence-electron chi connectivity index (χ3n) is 2.62. The quantitative estimate of drug-likeness (QED) is 0.840. The van der Waals surface area contributed by atoms with Crippen LogP contribution in [0, 0.1) is 0 Å². The highest BCUT2D eigenvalue weighted by Crippen LogP contribution is 2.21. The van der Waals surface area contributed by atoms with E-state index in [4.69, 9.17) is 28.9 Å². The highest BCUT2D eigenvalue weighted by molar-refractivity contribution is 6.35. The van der Waals surface area contributed by atoms with Crippen LogP contribution in [-0.2, 0) is 0 Å². The Morgan fingerprint density at radius 1 is 1.31 bits per heavy atom. The summed E-state index contributed by atoms with van der Waals surface area (Å²) in [5, 5.41) is 0.943. The van der Waals surface area contributed by atoms with E-state index in [1.54, 1.807) is 23.1 Å². The first-order chi connectivity index (χ1) is 7.56. The van der Waals surface area contributed by atoms with Gasteiger partial charge >= 0.3 is 0 Å². The van der Waals surface area contributed by atoms with Crippen molar-refractivity contribution < 1.29 is 4.79 Å². The molecule has 1 aromatic carbocycles. The zero-order valence-corrected chi connectivity index (χ0v) is 10.1. The molecule has 1 heterocycles. The summed E-state index contributed by atoms with van der Waals surface area (Å²) in [4.78, 5) is 13.8. The number of benzene rings is 1. The maximum absolute atomic E-state index is 12.1. The normalized spacial score (nSPS) is 20.2. The van der Waals surface area contributed by atoms with Gasteiger partial charge in [-0.15, -0.1) is 0 Å². The van der Waals surface area contributed by atoms with Crippen LogP contribution in [0.2, 0.25) is 10.0 Å². The van der Waals surface area contributed by atoms with E-state index in [2.05, 4.69) is 0 Å². The van der Waals surface area contributed by atoms with E-state index in [1.807, 2.05) is 0 Å². The van der Waals surface area contributed by atoms with Crippen molar-refractivity contribution in [2.75, 3.05) is 13.1 Å². The first-order valence-electron chi connectivity index (χ1n) is 5.07. The highest BCUT2D eigenvalue weighted by atomic mass is 35.5. The van der Waals surface area contributed by atoms with Crippen LogP contribution in [-0.4, -0.2) is 29.9 Å². The van der Waals surface area contributed by atoms with Crippen molar-refractivity contribution in [1.82, 2.24) is 4.90 Å². The second-order valence-corrected chi connectivity index (χ2v) is 4.83. The van der Waals surface area contributed by atoms with Gasteiger partial charge in [-0.1, -0.05) is 23.2 Å². The van der Waals surface area contributed by atoms with Crippen molar-refractivity contribution in [2.45, 2.75) is 12.5 Å². The summed E-state index contributed by atoms with van der Waals surface area (Å²) < 4.78 is 0. The maximum Gasteiger partial charge on any atom is 0.254 e. The first-order valence-corrected chi connectivity index (χ1v) is 5.83. The zero-order chi connectivity index (χ0) is 11.7. The number of nitrogens with two attached hydrogens (primary N) is 1. The molecule has 1 aliphatic rings. The lowest BCUT2D eigenvalue weighted by Crippen LogP contribution is -2.31. The van der Waals surface area contributed by atoms with Crippen molar-refractivity contribution in [3.63, 3.8) is 0 Å². The lowest BCUT2D eigenvalue weighted by atomic mass is 10.2. The molecule has 5 heteroatoms. The summed E-state index contributed by atoms with van der Waals surface area (Å²) >= 11 is 11.7. The molecule has 0 aromatic heterocycles. The average Bonchev–Trinajstić information content (AvgIpc) is 2.62. The van der Waals surface area contributed by atoms with Crippen molar-refractivity contribution in [3.8, 4) is 0 Å². The number of amides is 1. The molecule has 0 spiro atoms. The third-order valence-corrected chi connectivity index (χ3v) is 3.06. The van der Waals surface area contributed by atoms with Gasteiger partial charge in [-0.3, -0.25) is 4.79 Å². The monoisotopic (exact) mass is 258 g/mol. The predicted octanol–water partition coefficient (Wildman–Crippen LogP) is 2.17. The molecule has 1 saturated heterocycles. The van der Waals surface area contributed by atoms with Gasteiger partial charge in [0.2, 0.25) is 0 Å². The second-order valence-electron chi connectivity index (χ2n) is 3.96. The Bertz CT molecular complexity index is 402. The van der Waals surface area contributed by atoms with E-state index in [0.29, 0.717) is 28.7 Å². The van der Waals surface area contributed by atoms with Gasteiger partial charge < -0.3 is 10.6 Å². The number of hydrogen-bond donors (Lipinski definition) is 1. The Hall–Kier alpha value is -0.770. The number of likely N-dealkylation sites (tertiary alicyclic amines) is 1. The van der Waals surface area contributed by atoms with E-state index in [1.165, 1.54) is 0 Å². The van der Waals surface area contributed by atoms with Crippen LogP contribution in [0.1, 0.15) is 16.8 Å². The van der Waals surface area contributed by atoms with Gasteiger partial charge in [-0.2, -0.15) is 0 Å². The Balaban J connectivity index is 2.20. The highest BCUT2D eigenvalue weighted by Gasteiger charge is 2.24. The van der Waals surface area contributed by atoms with Crippen LogP contribution in [0.4, 0.5) is 0 Å². The SMILES string of the molecule is NC1CCN(C(=O)c2cc(Cl)cc(Cl)c2)C1. The molecule has 0 radical (unpaired) electrons. The smallest absolute Gasteiger partial charge is 0.254 e. The molecule has 2 N–H and O–H groups in total. The Morgan fingerprint density at radius 2 is 1.94 bits per heavy atom. The minimum atomic E-state index is -0.0580. The lowest BCUT2D eigenvalue weighted by Gasteiger charge is -2.16. The summed E-state index contributed by atoms with van der Waals surface area (Å²) in [6, 6.07) is 4.94. The molecule has 1 amide bonds. The van der Waals surface area contributed by atoms with E-state index < -0.39 is 0 Å². The van der Waals surface area contributed by atoms with Gasteiger partial charge in [0.05, 0.1) is 0 Å². The van der Waals surface area contributed by atoms with Crippen LogP contribution in [0.25, 0.3) is 0 Å². The van der Waals surface area contributed by atoms with Gasteiger partial charge in [0.1, 0.15) is 0 Å². The molecule has 1 aliphatic heterocycles. The van der Waals surface area contributed by atoms with E-state index >= 15 is 0 Å². The van der Waals surface area contributed by atoms with Crippen LogP contribution in [0.5, 0.6) is 0 Å². The molecule has 1 fully saturated rings. The van der Waals surface area contributed by atoms with Crippen molar-refractivity contribution >= 4 is 29.1 Å². The van der Waals surface area contributed by atoms with Crippen molar-refractivity contribution in [1.29, 1.82) is 0 Å². The number of halogens is 2.